The fourth-order valence-electron chi connectivity index (χ4n) is 3.15. The third-order valence-corrected chi connectivity index (χ3v) is 3.87. The molecule has 0 unspecified atom stereocenters. The summed E-state index contributed by atoms with van der Waals surface area (Å²) in [6.45, 7) is 0.603. The molecule has 1 aliphatic carbocycles. The van der Waals surface area contributed by atoms with Gasteiger partial charge < -0.3 is 14.4 Å². The maximum atomic E-state index is 11.9. The Balaban J connectivity index is 2.32. The van der Waals surface area contributed by atoms with Gasteiger partial charge in [-0.1, -0.05) is 12.1 Å². The monoisotopic (exact) mass is 259 g/mol. The van der Waals surface area contributed by atoms with Crippen molar-refractivity contribution in [3.63, 3.8) is 0 Å². The number of aliphatic hydroxyl groups is 1. The summed E-state index contributed by atoms with van der Waals surface area (Å²) in [5.41, 5.74) is 4.09. The van der Waals surface area contributed by atoms with Gasteiger partial charge >= 0.3 is 5.97 Å². The Morgan fingerprint density at radius 3 is 3.00 bits per heavy atom. The topological polar surface area (TPSA) is 51.5 Å². The summed E-state index contributed by atoms with van der Waals surface area (Å²) < 4.78 is 6.95. The van der Waals surface area contributed by atoms with E-state index < -0.39 is 0 Å². The van der Waals surface area contributed by atoms with Crippen LogP contribution in [0.15, 0.2) is 18.2 Å². The summed E-state index contributed by atoms with van der Waals surface area (Å²) in [5, 5.41) is 10.4. The lowest BCUT2D eigenvalue weighted by Crippen LogP contribution is -2.09. The largest absolute Gasteiger partial charge is 0.465 e. The van der Waals surface area contributed by atoms with E-state index in [1.807, 2.05) is 6.07 Å². The molecule has 0 amide bonds. The third kappa shape index (κ3) is 1.75. The molecular weight excluding hydrogens is 242 g/mol. The molecule has 1 heterocycles. The minimum absolute atomic E-state index is 0.0751. The zero-order valence-electron chi connectivity index (χ0n) is 11.0. The van der Waals surface area contributed by atoms with Crippen LogP contribution in [0, 0.1) is 0 Å². The first-order valence-corrected chi connectivity index (χ1v) is 6.60. The number of esters is 1. The van der Waals surface area contributed by atoms with Crippen LogP contribution in [0.3, 0.4) is 0 Å². The van der Waals surface area contributed by atoms with Crippen molar-refractivity contribution < 1.29 is 14.6 Å². The van der Waals surface area contributed by atoms with E-state index >= 15 is 0 Å². The van der Waals surface area contributed by atoms with Crippen molar-refractivity contribution >= 4 is 16.9 Å². The number of benzene rings is 1. The number of carbonyl (C=O) groups is 1. The van der Waals surface area contributed by atoms with Gasteiger partial charge in [-0.2, -0.15) is 0 Å². The Labute approximate surface area is 111 Å². The predicted molar refractivity (Wildman–Crippen MR) is 72.4 cm³/mol. The zero-order valence-corrected chi connectivity index (χ0v) is 11.0. The van der Waals surface area contributed by atoms with Gasteiger partial charge in [-0.05, 0) is 30.9 Å². The maximum absolute atomic E-state index is 11.9. The van der Waals surface area contributed by atoms with Gasteiger partial charge in [0.1, 0.15) is 0 Å². The SMILES string of the molecule is COC(=O)c1cccc2c3c(n(CCO)c12)CCC3. The molecule has 4 nitrogen and oxygen atoms in total. The highest BCUT2D eigenvalue weighted by atomic mass is 16.5. The van der Waals surface area contributed by atoms with Crippen molar-refractivity contribution in [1.29, 1.82) is 0 Å². The number of aromatic nitrogens is 1. The van der Waals surface area contributed by atoms with Crippen molar-refractivity contribution in [3.8, 4) is 0 Å². The molecule has 3 rings (SSSR count). The number of para-hydroxylation sites is 1. The highest BCUT2D eigenvalue weighted by Gasteiger charge is 2.24. The van der Waals surface area contributed by atoms with Crippen molar-refractivity contribution in [1.82, 2.24) is 4.57 Å². The number of ether oxygens (including phenoxy) is 1. The minimum Gasteiger partial charge on any atom is -0.465 e. The molecule has 1 N–H and O–H groups in total. The number of nitrogens with zero attached hydrogens (tertiary/aromatic N) is 1. The number of carbonyl (C=O) groups excluding carboxylic acids is 1. The summed E-state index contributed by atoms with van der Waals surface area (Å²) in [4.78, 5) is 11.9. The van der Waals surface area contributed by atoms with Crippen LogP contribution >= 0.6 is 0 Å². The highest BCUT2D eigenvalue weighted by molar-refractivity contribution is 6.04. The number of hydrogen-bond donors (Lipinski definition) is 1. The van der Waals surface area contributed by atoms with E-state index in [1.165, 1.54) is 18.4 Å². The van der Waals surface area contributed by atoms with E-state index in [1.54, 1.807) is 6.07 Å². The number of aryl methyl sites for hydroxylation is 1. The number of methoxy groups -OCH3 is 1. The first kappa shape index (κ1) is 12.2. The number of rotatable bonds is 3. The summed E-state index contributed by atoms with van der Waals surface area (Å²) >= 11 is 0. The Morgan fingerprint density at radius 2 is 2.26 bits per heavy atom. The lowest BCUT2D eigenvalue weighted by molar-refractivity contribution is 0.0602. The fourth-order valence-corrected chi connectivity index (χ4v) is 3.15. The molecule has 19 heavy (non-hydrogen) atoms. The van der Waals surface area contributed by atoms with E-state index in [-0.39, 0.29) is 12.6 Å². The van der Waals surface area contributed by atoms with Crippen molar-refractivity contribution in [2.24, 2.45) is 0 Å². The van der Waals surface area contributed by atoms with Crippen molar-refractivity contribution in [2.75, 3.05) is 13.7 Å². The van der Waals surface area contributed by atoms with Crippen LogP contribution in [0.1, 0.15) is 28.0 Å². The molecule has 1 aromatic heterocycles. The first-order valence-electron chi connectivity index (χ1n) is 6.60. The summed E-state index contributed by atoms with van der Waals surface area (Å²) in [6, 6.07) is 5.74. The molecule has 4 heteroatoms. The Kier molecular flexibility index (Phi) is 3.03. The van der Waals surface area contributed by atoms with E-state index in [2.05, 4.69) is 10.6 Å². The molecule has 0 aliphatic heterocycles. The van der Waals surface area contributed by atoms with Gasteiger partial charge in [0.25, 0.3) is 0 Å². The fraction of sp³-hybridized carbons (Fsp3) is 0.400. The number of hydrogen-bond acceptors (Lipinski definition) is 3. The lowest BCUT2D eigenvalue weighted by atomic mass is 10.1. The Bertz CT molecular complexity index is 642. The van der Waals surface area contributed by atoms with Crippen LogP contribution in [0.2, 0.25) is 0 Å². The van der Waals surface area contributed by atoms with Gasteiger partial charge in [0.15, 0.2) is 0 Å². The van der Waals surface area contributed by atoms with Gasteiger partial charge in [0, 0.05) is 17.6 Å². The molecule has 1 aromatic carbocycles. The highest BCUT2D eigenvalue weighted by Crippen LogP contribution is 2.34. The second-order valence-electron chi connectivity index (χ2n) is 4.85. The van der Waals surface area contributed by atoms with Crippen LogP contribution in [0.4, 0.5) is 0 Å². The quantitative estimate of drug-likeness (QED) is 0.857. The van der Waals surface area contributed by atoms with Gasteiger partial charge in [0.2, 0.25) is 0 Å². The Hall–Kier alpha value is -1.81. The second kappa shape index (κ2) is 4.70. The molecule has 0 radical (unpaired) electrons. The lowest BCUT2D eigenvalue weighted by Gasteiger charge is -2.10. The first-order chi connectivity index (χ1) is 9.27. The standard InChI is InChI=1S/C15H17NO3/c1-19-15(18)12-6-2-5-11-10-4-3-7-13(10)16(8-9-17)14(11)12/h2,5-6,17H,3-4,7-9H2,1H3. The van der Waals surface area contributed by atoms with E-state index in [9.17, 15) is 9.90 Å². The van der Waals surface area contributed by atoms with E-state index in [4.69, 9.17) is 4.74 Å². The zero-order chi connectivity index (χ0) is 13.4. The molecule has 100 valence electrons. The van der Waals surface area contributed by atoms with Crippen LogP contribution < -0.4 is 0 Å². The molecule has 2 aromatic rings. The van der Waals surface area contributed by atoms with Crippen molar-refractivity contribution in [2.45, 2.75) is 25.8 Å². The van der Waals surface area contributed by atoms with Crippen molar-refractivity contribution in [3.05, 3.63) is 35.0 Å². The smallest absolute Gasteiger partial charge is 0.340 e. The van der Waals surface area contributed by atoms with Crippen LogP contribution in [-0.4, -0.2) is 29.4 Å². The van der Waals surface area contributed by atoms with Gasteiger partial charge in [-0.15, -0.1) is 0 Å². The average molecular weight is 259 g/mol. The third-order valence-electron chi connectivity index (χ3n) is 3.87. The van der Waals surface area contributed by atoms with E-state index in [0.717, 1.165) is 30.2 Å². The number of fused-ring (bicyclic) bond motifs is 3. The van der Waals surface area contributed by atoms with Crippen LogP contribution in [0.5, 0.6) is 0 Å². The minimum atomic E-state index is -0.319. The van der Waals surface area contributed by atoms with Gasteiger partial charge in [-0.3, -0.25) is 0 Å². The molecule has 0 atom stereocenters. The summed E-state index contributed by atoms with van der Waals surface area (Å²) in [6.07, 6.45) is 3.22. The van der Waals surface area contributed by atoms with Crippen LogP contribution in [-0.2, 0) is 24.1 Å². The van der Waals surface area contributed by atoms with Gasteiger partial charge in [0.05, 0.1) is 24.8 Å². The van der Waals surface area contributed by atoms with Crippen LogP contribution in [0.25, 0.3) is 10.9 Å². The van der Waals surface area contributed by atoms with E-state index in [0.29, 0.717) is 12.1 Å². The molecule has 0 saturated heterocycles. The molecule has 1 aliphatic rings. The second-order valence-corrected chi connectivity index (χ2v) is 4.85. The predicted octanol–water partition coefficient (Wildman–Crippen LogP) is 1.91. The number of aliphatic hydroxyl groups excluding tert-OH is 1. The normalized spacial score (nSPS) is 13.8. The molecular formula is C15H17NO3. The molecule has 0 spiro atoms. The summed E-state index contributed by atoms with van der Waals surface area (Å²) in [5.74, 6) is -0.319. The summed E-state index contributed by atoms with van der Waals surface area (Å²) in [7, 11) is 1.40. The Morgan fingerprint density at radius 1 is 1.42 bits per heavy atom. The van der Waals surface area contributed by atoms with Gasteiger partial charge in [-0.25, -0.2) is 4.79 Å². The molecule has 0 fully saturated rings. The molecule has 0 bridgehead atoms. The maximum Gasteiger partial charge on any atom is 0.340 e. The molecule has 0 saturated carbocycles. The average Bonchev–Trinajstić information content (AvgIpc) is 3.01.